The standard InChI is InChI=1S/C38H22N2O/c41-37-27-13-1-5-15-29(27)38(30-16-6-2-14-28(30)37)31-17-7-10-20-34(31)39-32-18-8-3-11-23(32)25-21-22-26-24-12-4-9-19-33(24)40(38)36(26)35(25)39/h1-22H. The molecular weight excluding hydrogens is 500 g/mol. The number of carbonyl (C=O) groups is 1. The number of hydrogen-bond donors (Lipinski definition) is 0. The molecule has 3 heterocycles. The van der Waals surface area contributed by atoms with E-state index in [1.165, 1.54) is 38.1 Å². The van der Waals surface area contributed by atoms with Gasteiger partial charge in [0.1, 0.15) is 5.54 Å². The predicted octanol–water partition coefficient (Wildman–Crippen LogP) is 8.59. The van der Waals surface area contributed by atoms with E-state index in [1.54, 1.807) is 0 Å². The van der Waals surface area contributed by atoms with Crippen molar-refractivity contribution in [2.24, 2.45) is 0 Å². The first-order chi connectivity index (χ1) is 20.3. The number of hydrogen-bond acceptors (Lipinski definition) is 1. The summed E-state index contributed by atoms with van der Waals surface area (Å²) in [5.41, 5.74) is 9.82. The van der Waals surface area contributed by atoms with Crippen LogP contribution in [0.5, 0.6) is 0 Å². The average Bonchev–Trinajstić information content (AvgIpc) is 3.52. The lowest BCUT2D eigenvalue weighted by atomic mass is 9.67. The molecule has 3 heteroatoms. The van der Waals surface area contributed by atoms with E-state index in [2.05, 4.69) is 118 Å². The van der Waals surface area contributed by atoms with Crippen molar-refractivity contribution in [2.45, 2.75) is 5.54 Å². The van der Waals surface area contributed by atoms with Crippen LogP contribution in [-0.2, 0) is 5.54 Å². The Balaban J connectivity index is 1.61. The highest BCUT2D eigenvalue weighted by Gasteiger charge is 2.50. The third kappa shape index (κ3) is 2.29. The summed E-state index contributed by atoms with van der Waals surface area (Å²) in [7, 11) is 0. The number of para-hydroxylation sites is 3. The van der Waals surface area contributed by atoms with Gasteiger partial charge >= 0.3 is 0 Å². The Morgan fingerprint density at radius 3 is 1.66 bits per heavy atom. The molecule has 0 saturated heterocycles. The monoisotopic (exact) mass is 522 g/mol. The Hall–Kier alpha value is -5.41. The van der Waals surface area contributed by atoms with Gasteiger partial charge in [-0.2, -0.15) is 0 Å². The lowest BCUT2D eigenvalue weighted by Crippen LogP contribution is -2.43. The van der Waals surface area contributed by atoms with Crippen LogP contribution in [0.1, 0.15) is 32.6 Å². The molecule has 0 amide bonds. The van der Waals surface area contributed by atoms with E-state index in [9.17, 15) is 4.79 Å². The highest BCUT2D eigenvalue weighted by Crippen LogP contribution is 2.55. The van der Waals surface area contributed by atoms with Crippen LogP contribution in [0.15, 0.2) is 133 Å². The zero-order chi connectivity index (χ0) is 26.9. The van der Waals surface area contributed by atoms with E-state index in [1.807, 2.05) is 24.3 Å². The summed E-state index contributed by atoms with van der Waals surface area (Å²) in [5.74, 6) is 0.0829. The number of fused-ring (bicyclic) bond motifs is 14. The molecule has 41 heavy (non-hydrogen) atoms. The molecule has 0 radical (unpaired) electrons. The Morgan fingerprint density at radius 2 is 0.951 bits per heavy atom. The maximum atomic E-state index is 14.1. The summed E-state index contributed by atoms with van der Waals surface area (Å²) in [6, 6.07) is 47.3. The Morgan fingerprint density at radius 1 is 0.439 bits per heavy atom. The fourth-order valence-corrected chi connectivity index (χ4v) is 8.01. The van der Waals surface area contributed by atoms with Crippen LogP contribution in [0.3, 0.4) is 0 Å². The lowest BCUT2D eigenvalue weighted by Gasteiger charge is -2.43. The van der Waals surface area contributed by atoms with Crippen LogP contribution < -0.4 is 0 Å². The molecule has 0 atom stereocenters. The van der Waals surface area contributed by atoms with Gasteiger partial charge in [-0.1, -0.05) is 115 Å². The van der Waals surface area contributed by atoms with Gasteiger partial charge in [0.25, 0.3) is 0 Å². The van der Waals surface area contributed by atoms with Gasteiger partial charge in [-0.25, -0.2) is 0 Å². The van der Waals surface area contributed by atoms with Crippen molar-refractivity contribution in [1.82, 2.24) is 9.13 Å². The van der Waals surface area contributed by atoms with Gasteiger partial charge < -0.3 is 9.13 Å². The van der Waals surface area contributed by atoms with Crippen LogP contribution in [-0.4, -0.2) is 14.9 Å². The summed E-state index contributed by atoms with van der Waals surface area (Å²) in [6.45, 7) is 0. The molecule has 1 aliphatic carbocycles. The van der Waals surface area contributed by atoms with Gasteiger partial charge in [0.15, 0.2) is 5.78 Å². The molecule has 190 valence electrons. The van der Waals surface area contributed by atoms with Crippen LogP contribution in [0.4, 0.5) is 0 Å². The molecule has 0 unspecified atom stereocenters. The average molecular weight is 523 g/mol. The summed E-state index contributed by atoms with van der Waals surface area (Å²) < 4.78 is 5.03. The molecule has 0 saturated carbocycles. The van der Waals surface area contributed by atoms with Crippen molar-refractivity contribution in [3.8, 4) is 5.69 Å². The Kier molecular flexibility index (Phi) is 3.76. The SMILES string of the molecule is O=C1c2ccccc2C2(c3ccccc31)c1ccccc1-n1c3ccccc3c3ccc4c5ccccc5n2c4c31. The molecule has 8 aromatic rings. The lowest BCUT2D eigenvalue weighted by molar-refractivity contribution is 0.103. The molecule has 2 aliphatic rings. The second kappa shape index (κ2) is 7.21. The third-order valence-corrected chi connectivity index (χ3v) is 9.46. The van der Waals surface area contributed by atoms with Crippen LogP contribution in [0.25, 0.3) is 49.3 Å². The molecule has 3 nitrogen and oxygen atoms in total. The van der Waals surface area contributed by atoms with Crippen molar-refractivity contribution < 1.29 is 4.79 Å². The van der Waals surface area contributed by atoms with Crippen LogP contribution in [0, 0.1) is 0 Å². The molecule has 1 spiro atoms. The fraction of sp³-hybridized carbons (Fsp3) is 0.0263. The highest BCUT2D eigenvalue weighted by atomic mass is 16.1. The van der Waals surface area contributed by atoms with Crippen molar-refractivity contribution in [1.29, 1.82) is 0 Å². The van der Waals surface area contributed by atoms with Gasteiger partial charge in [-0.15, -0.1) is 0 Å². The van der Waals surface area contributed by atoms with Crippen LogP contribution in [0.2, 0.25) is 0 Å². The molecular formula is C38H22N2O. The van der Waals surface area contributed by atoms with Crippen LogP contribution >= 0.6 is 0 Å². The Bertz CT molecular complexity index is 2410. The minimum Gasteiger partial charge on any atom is -0.320 e. The minimum atomic E-state index is -0.770. The maximum absolute atomic E-state index is 14.1. The van der Waals surface area contributed by atoms with E-state index >= 15 is 0 Å². The largest absolute Gasteiger partial charge is 0.320 e. The zero-order valence-electron chi connectivity index (χ0n) is 22.0. The zero-order valence-corrected chi connectivity index (χ0v) is 22.0. The normalized spacial score (nSPS) is 14.6. The molecule has 0 N–H and O–H groups in total. The number of aromatic nitrogens is 2. The Labute approximate surface area is 235 Å². The quantitative estimate of drug-likeness (QED) is 0.196. The van der Waals surface area contributed by atoms with Crippen molar-refractivity contribution in [3.63, 3.8) is 0 Å². The molecule has 2 aromatic heterocycles. The van der Waals surface area contributed by atoms with Gasteiger partial charge in [0.2, 0.25) is 0 Å². The van der Waals surface area contributed by atoms with Crippen molar-refractivity contribution in [2.75, 3.05) is 0 Å². The van der Waals surface area contributed by atoms with Crippen molar-refractivity contribution in [3.05, 3.63) is 161 Å². The van der Waals surface area contributed by atoms with Crippen molar-refractivity contribution >= 4 is 49.4 Å². The molecule has 6 aromatic carbocycles. The highest BCUT2D eigenvalue weighted by molar-refractivity contribution is 6.24. The van der Waals surface area contributed by atoms with E-state index in [-0.39, 0.29) is 5.78 Å². The van der Waals surface area contributed by atoms with E-state index in [0.717, 1.165) is 39.0 Å². The van der Waals surface area contributed by atoms with E-state index in [0.29, 0.717) is 0 Å². The fourth-order valence-electron chi connectivity index (χ4n) is 8.01. The first-order valence-corrected chi connectivity index (χ1v) is 14.1. The summed E-state index contributed by atoms with van der Waals surface area (Å²) in [5, 5.41) is 4.91. The molecule has 0 bridgehead atoms. The minimum absolute atomic E-state index is 0.0829. The topological polar surface area (TPSA) is 26.9 Å². The van der Waals surface area contributed by atoms with E-state index in [4.69, 9.17) is 0 Å². The van der Waals surface area contributed by atoms with E-state index < -0.39 is 5.54 Å². The first kappa shape index (κ1) is 21.4. The van der Waals surface area contributed by atoms with Gasteiger partial charge in [-0.3, -0.25) is 4.79 Å². The summed E-state index contributed by atoms with van der Waals surface area (Å²) in [4.78, 5) is 14.1. The molecule has 1 aliphatic heterocycles. The van der Waals surface area contributed by atoms with Gasteiger partial charge in [0, 0.05) is 38.2 Å². The smallest absolute Gasteiger partial charge is 0.193 e. The summed E-state index contributed by atoms with van der Waals surface area (Å²) in [6.07, 6.45) is 0. The number of benzene rings is 6. The van der Waals surface area contributed by atoms with Gasteiger partial charge in [-0.05, 0) is 29.3 Å². The predicted molar refractivity (Wildman–Crippen MR) is 165 cm³/mol. The third-order valence-electron chi connectivity index (χ3n) is 9.46. The molecule has 10 rings (SSSR count). The first-order valence-electron chi connectivity index (χ1n) is 14.1. The number of rotatable bonds is 0. The maximum Gasteiger partial charge on any atom is 0.193 e. The second-order valence-electron chi connectivity index (χ2n) is 11.2. The summed E-state index contributed by atoms with van der Waals surface area (Å²) >= 11 is 0. The second-order valence-corrected chi connectivity index (χ2v) is 11.2. The number of carbonyl (C=O) groups excluding carboxylic acids is 1. The number of nitrogens with zero attached hydrogens (tertiary/aromatic N) is 2. The number of ketones is 1. The van der Waals surface area contributed by atoms with Gasteiger partial charge in [0.05, 0.1) is 27.8 Å². The molecule has 0 fully saturated rings.